The maximum Gasteiger partial charge on any atom is 0.418 e. The maximum atomic E-state index is 13.9. The average molecular weight is 498 g/mol. The molecule has 4 rings (SSSR count). The highest BCUT2D eigenvalue weighted by Gasteiger charge is 2.35. The van der Waals surface area contributed by atoms with Crippen LogP contribution in [-0.2, 0) is 12.7 Å². The van der Waals surface area contributed by atoms with Crippen LogP contribution in [0.2, 0.25) is 0 Å². The number of rotatable bonds is 5. The van der Waals surface area contributed by atoms with Crippen molar-refractivity contribution in [3.8, 4) is 0 Å². The van der Waals surface area contributed by atoms with Crippen molar-refractivity contribution < 1.29 is 27.2 Å². The number of halogens is 4. The molecule has 0 fully saturated rings. The number of benzene rings is 3. The molecule has 0 bridgehead atoms. The molecule has 0 unspecified atom stereocenters. The minimum absolute atomic E-state index is 0.147. The molecular weight excluding hydrogens is 480 g/mol. The van der Waals surface area contributed by atoms with E-state index in [9.17, 15) is 31.9 Å². The molecule has 184 valence electrons. The summed E-state index contributed by atoms with van der Waals surface area (Å²) in [6, 6.07) is 13.9. The molecule has 0 aliphatic rings. The number of fused-ring (bicyclic) bond motifs is 1. The Labute approximate surface area is 201 Å². The lowest BCUT2D eigenvalue weighted by molar-refractivity contribution is -0.136. The van der Waals surface area contributed by atoms with E-state index in [0.717, 1.165) is 22.9 Å². The van der Waals surface area contributed by atoms with Crippen LogP contribution in [0.4, 0.5) is 28.9 Å². The van der Waals surface area contributed by atoms with Crippen molar-refractivity contribution in [1.29, 1.82) is 0 Å². The molecule has 11 heteroatoms. The van der Waals surface area contributed by atoms with Gasteiger partial charge in [-0.15, -0.1) is 0 Å². The van der Waals surface area contributed by atoms with Crippen LogP contribution < -0.4 is 16.2 Å². The van der Waals surface area contributed by atoms with Gasteiger partial charge in [0, 0.05) is 17.6 Å². The van der Waals surface area contributed by atoms with Gasteiger partial charge in [0.15, 0.2) is 5.69 Å². The van der Waals surface area contributed by atoms with Crippen molar-refractivity contribution >= 4 is 34.0 Å². The minimum Gasteiger partial charge on any atom is -0.322 e. The van der Waals surface area contributed by atoms with Crippen LogP contribution in [0.3, 0.4) is 0 Å². The second-order valence-electron chi connectivity index (χ2n) is 7.66. The smallest absolute Gasteiger partial charge is 0.322 e. The Morgan fingerprint density at radius 1 is 0.917 bits per heavy atom. The third kappa shape index (κ3) is 4.81. The van der Waals surface area contributed by atoms with Crippen molar-refractivity contribution in [2.75, 3.05) is 10.6 Å². The van der Waals surface area contributed by atoms with Gasteiger partial charge >= 0.3 is 6.18 Å². The van der Waals surface area contributed by atoms with E-state index in [-0.39, 0.29) is 34.3 Å². The first-order valence-electron chi connectivity index (χ1n) is 10.7. The zero-order valence-corrected chi connectivity index (χ0v) is 18.7. The largest absolute Gasteiger partial charge is 0.418 e. The van der Waals surface area contributed by atoms with Gasteiger partial charge < -0.3 is 10.6 Å². The number of aryl methyl sites for hydroxylation is 1. The van der Waals surface area contributed by atoms with Crippen molar-refractivity contribution in [1.82, 2.24) is 9.78 Å². The molecule has 2 amide bonds. The number of nitrogens with zero attached hydrogens (tertiary/aromatic N) is 2. The summed E-state index contributed by atoms with van der Waals surface area (Å²) >= 11 is 0. The van der Waals surface area contributed by atoms with Crippen molar-refractivity contribution in [3.63, 3.8) is 0 Å². The van der Waals surface area contributed by atoms with Crippen LogP contribution >= 0.6 is 0 Å². The van der Waals surface area contributed by atoms with Crippen LogP contribution in [0.1, 0.15) is 33.3 Å². The summed E-state index contributed by atoms with van der Waals surface area (Å²) in [6.45, 7) is 1.79. The number of hydrogen-bond donors (Lipinski definition) is 2. The number of aromatic nitrogens is 2. The molecule has 0 radical (unpaired) electrons. The summed E-state index contributed by atoms with van der Waals surface area (Å²) < 4.78 is 56.4. The molecule has 1 heterocycles. The average Bonchev–Trinajstić information content (AvgIpc) is 2.85. The second-order valence-corrected chi connectivity index (χ2v) is 7.66. The van der Waals surface area contributed by atoms with Gasteiger partial charge in [-0.3, -0.25) is 14.4 Å². The molecular formula is C25H18F4N4O3. The number of anilines is 2. The maximum absolute atomic E-state index is 13.9. The summed E-state index contributed by atoms with van der Waals surface area (Å²) in [4.78, 5) is 37.8. The van der Waals surface area contributed by atoms with Crippen molar-refractivity contribution in [3.05, 3.63) is 99.7 Å². The van der Waals surface area contributed by atoms with Crippen LogP contribution in [-0.4, -0.2) is 21.6 Å². The Kier molecular flexibility index (Phi) is 6.56. The zero-order valence-electron chi connectivity index (χ0n) is 18.7. The van der Waals surface area contributed by atoms with E-state index < -0.39 is 40.6 Å². The summed E-state index contributed by atoms with van der Waals surface area (Å²) in [5.41, 5.74) is -3.08. The van der Waals surface area contributed by atoms with Gasteiger partial charge in [0.05, 0.1) is 22.2 Å². The van der Waals surface area contributed by atoms with Gasteiger partial charge in [0.2, 0.25) is 0 Å². The fourth-order valence-corrected chi connectivity index (χ4v) is 3.61. The number of hydrogen-bond acceptors (Lipinski definition) is 4. The van der Waals surface area contributed by atoms with Crippen molar-refractivity contribution in [2.24, 2.45) is 0 Å². The van der Waals surface area contributed by atoms with Gasteiger partial charge in [-0.05, 0) is 43.3 Å². The molecule has 36 heavy (non-hydrogen) atoms. The molecule has 4 aromatic rings. The highest BCUT2D eigenvalue weighted by Crippen LogP contribution is 2.37. The summed E-state index contributed by atoms with van der Waals surface area (Å²) in [7, 11) is 0. The first-order valence-corrected chi connectivity index (χ1v) is 10.7. The standard InChI is InChI=1S/C25H18F4N4O3/c1-2-33-24(36)16-8-4-3-7-15(16)21(32-33)23(35)31-20-12-11-14(13-18(20)25(27,28)29)30-22(34)17-9-5-6-10-19(17)26/h3-13H,2H2,1H3,(H,30,34)(H,31,35). The van der Waals surface area contributed by atoms with Gasteiger partial charge in [-0.1, -0.05) is 30.3 Å². The fourth-order valence-electron chi connectivity index (χ4n) is 3.61. The summed E-state index contributed by atoms with van der Waals surface area (Å²) in [5.74, 6) is -2.72. The van der Waals surface area contributed by atoms with E-state index in [2.05, 4.69) is 15.7 Å². The SMILES string of the molecule is CCn1nc(C(=O)Nc2ccc(NC(=O)c3ccccc3F)cc2C(F)(F)F)c2ccccc2c1=O. The monoisotopic (exact) mass is 498 g/mol. The number of carbonyl (C=O) groups is 2. The predicted octanol–water partition coefficient (Wildman–Crippen LogP) is 5.08. The Balaban J connectivity index is 1.69. The highest BCUT2D eigenvalue weighted by atomic mass is 19.4. The number of nitrogens with one attached hydrogen (secondary N) is 2. The lowest BCUT2D eigenvalue weighted by Crippen LogP contribution is -2.27. The highest BCUT2D eigenvalue weighted by molar-refractivity contribution is 6.11. The molecule has 7 nitrogen and oxygen atoms in total. The Hall–Kier alpha value is -4.54. The number of carbonyl (C=O) groups excluding carboxylic acids is 2. The third-order valence-corrected chi connectivity index (χ3v) is 5.33. The van der Waals surface area contributed by atoms with E-state index in [1.54, 1.807) is 19.1 Å². The predicted molar refractivity (Wildman–Crippen MR) is 125 cm³/mol. The lowest BCUT2D eigenvalue weighted by atomic mass is 10.1. The van der Waals surface area contributed by atoms with Crippen molar-refractivity contribution in [2.45, 2.75) is 19.6 Å². The van der Waals surface area contributed by atoms with E-state index in [0.29, 0.717) is 6.07 Å². The van der Waals surface area contributed by atoms with E-state index >= 15 is 0 Å². The van der Waals surface area contributed by atoms with Gasteiger partial charge in [-0.2, -0.15) is 18.3 Å². The summed E-state index contributed by atoms with van der Waals surface area (Å²) in [6.07, 6.45) is -4.90. The lowest BCUT2D eigenvalue weighted by Gasteiger charge is -2.16. The molecule has 3 aromatic carbocycles. The molecule has 0 aliphatic heterocycles. The third-order valence-electron chi connectivity index (χ3n) is 5.33. The second kappa shape index (κ2) is 9.61. The molecule has 0 aliphatic carbocycles. The van der Waals surface area contributed by atoms with E-state index in [4.69, 9.17) is 0 Å². The zero-order chi connectivity index (χ0) is 26.0. The van der Waals surface area contributed by atoms with Gasteiger partial charge in [0.1, 0.15) is 5.82 Å². The quantitative estimate of drug-likeness (QED) is 0.376. The molecule has 1 aromatic heterocycles. The molecule has 0 saturated heterocycles. The number of amides is 2. The van der Waals surface area contributed by atoms with Gasteiger partial charge in [0.25, 0.3) is 17.4 Å². The summed E-state index contributed by atoms with van der Waals surface area (Å²) in [5, 5.41) is 8.84. The van der Waals surface area contributed by atoms with Crippen LogP contribution in [0.25, 0.3) is 10.8 Å². The van der Waals surface area contributed by atoms with Crippen LogP contribution in [0, 0.1) is 5.82 Å². The topological polar surface area (TPSA) is 93.1 Å². The van der Waals surface area contributed by atoms with E-state index in [1.807, 2.05) is 0 Å². The first-order chi connectivity index (χ1) is 17.1. The molecule has 0 atom stereocenters. The normalized spacial score (nSPS) is 11.4. The molecule has 0 saturated carbocycles. The molecule has 0 spiro atoms. The minimum atomic E-state index is -4.90. The first kappa shape index (κ1) is 24.6. The van der Waals surface area contributed by atoms with Crippen LogP contribution in [0.15, 0.2) is 71.5 Å². The van der Waals surface area contributed by atoms with Gasteiger partial charge in [-0.25, -0.2) is 9.07 Å². The molecule has 2 N–H and O–H groups in total. The fraction of sp³-hybridized carbons (Fsp3) is 0.120. The van der Waals surface area contributed by atoms with E-state index in [1.165, 1.54) is 30.3 Å². The Morgan fingerprint density at radius 3 is 2.25 bits per heavy atom. The Bertz CT molecular complexity index is 1550. The van der Waals surface area contributed by atoms with Crippen LogP contribution in [0.5, 0.6) is 0 Å². The Morgan fingerprint density at radius 2 is 1.58 bits per heavy atom. The number of alkyl halides is 3.